The summed E-state index contributed by atoms with van der Waals surface area (Å²) in [5, 5.41) is 0. The van der Waals surface area contributed by atoms with Crippen LogP contribution in [0, 0.1) is 20.8 Å². The van der Waals surface area contributed by atoms with E-state index in [9.17, 15) is 8.42 Å². The first-order chi connectivity index (χ1) is 10.3. The van der Waals surface area contributed by atoms with Crippen LogP contribution in [-0.4, -0.2) is 15.0 Å². The van der Waals surface area contributed by atoms with E-state index in [2.05, 4.69) is 4.72 Å². The third kappa shape index (κ3) is 3.69. The van der Waals surface area contributed by atoms with Gasteiger partial charge in [-0.25, -0.2) is 13.1 Å². The monoisotopic (exact) mass is 323 g/mol. The molecule has 2 rings (SSSR count). The summed E-state index contributed by atoms with van der Waals surface area (Å²) in [5.41, 5.74) is 1.69. The highest BCUT2D eigenvalue weighted by atomic mass is 32.2. The van der Waals surface area contributed by atoms with Crippen LogP contribution in [0.2, 0.25) is 0 Å². The third-order valence-corrected chi connectivity index (χ3v) is 4.71. The van der Waals surface area contributed by atoms with Crippen molar-refractivity contribution in [3.05, 3.63) is 46.9 Å². The second-order valence-electron chi connectivity index (χ2n) is 5.15. The normalized spacial score (nSPS) is 11.6. The quantitative estimate of drug-likeness (QED) is 0.887. The fourth-order valence-electron chi connectivity index (χ4n) is 2.21. The molecule has 0 aliphatic rings. The largest absolute Gasteiger partial charge is 0.492 e. The summed E-state index contributed by atoms with van der Waals surface area (Å²) in [5.74, 6) is 1.84. The van der Waals surface area contributed by atoms with Gasteiger partial charge < -0.3 is 9.15 Å². The molecular formula is C16H21NO4S. The van der Waals surface area contributed by atoms with Gasteiger partial charge in [0.05, 0.1) is 6.61 Å². The van der Waals surface area contributed by atoms with Gasteiger partial charge in [0.1, 0.15) is 22.2 Å². The van der Waals surface area contributed by atoms with Crippen molar-refractivity contribution in [2.45, 2.75) is 39.1 Å². The van der Waals surface area contributed by atoms with E-state index >= 15 is 0 Å². The van der Waals surface area contributed by atoms with Gasteiger partial charge in [0, 0.05) is 12.1 Å². The maximum atomic E-state index is 12.5. The average molecular weight is 323 g/mol. The Morgan fingerprint density at radius 2 is 1.91 bits per heavy atom. The van der Waals surface area contributed by atoms with E-state index in [-0.39, 0.29) is 11.4 Å². The van der Waals surface area contributed by atoms with Crippen molar-refractivity contribution in [1.29, 1.82) is 0 Å². The Morgan fingerprint density at radius 1 is 1.18 bits per heavy atom. The molecule has 22 heavy (non-hydrogen) atoms. The number of aryl methyl sites for hydroxylation is 3. The van der Waals surface area contributed by atoms with Gasteiger partial charge >= 0.3 is 0 Å². The van der Waals surface area contributed by atoms with Crippen molar-refractivity contribution in [3.63, 3.8) is 0 Å². The van der Waals surface area contributed by atoms with Crippen LogP contribution < -0.4 is 9.46 Å². The molecule has 0 saturated carbocycles. The van der Waals surface area contributed by atoms with Gasteiger partial charge in [-0.1, -0.05) is 6.07 Å². The molecule has 0 aliphatic carbocycles. The minimum Gasteiger partial charge on any atom is -0.492 e. The number of furan rings is 1. The molecule has 2 aromatic rings. The number of nitrogens with one attached hydrogen (secondary N) is 1. The van der Waals surface area contributed by atoms with E-state index in [1.807, 2.05) is 39.8 Å². The molecule has 5 nitrogen and oxygen atoms in total. The first kappa shape index (κ1) is 16.6. The maximum absolute atomic E-state index is 12.5. The Balaban J connectivity index is 2.26. The van der Waals surface area contributed by atoms with Gasteiger partial charge in [0.2, 0.25) is 10.0 Å². The van der Waals surface area contributed by atoms with Gasteiger partial charge in [0.15, 0.2) is 0 Å². The van der Waals surface area contributed by atoms with Crippen LogP contribution in [-0.2, 0) is 16.6 Å². The van der Waals surface area contributed by atoms with Crippen molar-refractivity contribution in [2.75, 3.05) is 6.61 Å². The molecule has 0 unspecified atom stereocenters. The van der Waals surface area contributed by atoms with E-state index in [0.717, 1.165) is 22.6 Å². The lowest BCUT2D eigenvalue weighted by Gasteiger charge is -2.12. The summed E-state index contributed by atoms with van der Waals surface area (Å²) in [6, 6.07) is 6.95. The molecule has 0 atom stereocenters. The molecular weight excluding hydrogens is 302 g/mol. The lowest BCUT2D eigenvalue weighted by Crippen LogP contribution is -2.24. The highest BCUT2D eigenvalue weighted by Crippen LogP contribution is 2.25. The standard InChI is InChI=1S/C16H21NO4S/c1-5-20-15-7-6-11(2)8-16(15)22(18,19)17-10-14-9-12(3)21-13(14)4/h6-9,17H,5,10H2,1-4H3. The molecule has 1 heterocycles. The smallest absolute Gasteiger partial charge is 0.244 e. The Labute approximate surface area is 131 Å². The molecule has 120 valence electrons. The van der Waals surface area contributed by atoms with Crippen molar-refractivity contribution in [1.82, 2.24) is 4.72 Å². The molecule has 0 spiro atoms. The van der Waals surface area contributed by atoms with Gasteiger partial charge in [-0.15, -0.1) is 0 Å². The van der Waals surface area contributed by atoms with E-state index in [1.165, 1.54) is 0 Å². The summed E-state index contributed by atoms with van der Waals surface area (Å²) >= 11 is 0. The first-order valence-electron chi connectivity index (χ1n) is 7.12. The average Bonchev–Trinajstić information content (AvgIpc) is 2.77. The number of benzene rings is 1. The zero-order valence-electron chi connectivity index (χ0n) is 13.3. The third-order valence-electron chi connectivity index (χ3n) is 3.28. The van der Waals surface area contributed by atoms with Crippen LogP contribution in [0.25, 0.3) is 0 Å². The lowest BCUT2D eigenvalue weighted by atomic mass is 10.2. The lowest BCUT2D eigenvalue weighted by molar-refractivity contribution is 0.331. The molecule has 0 amide bonds. The van der Waals surface area contributed by atoms with Gasteiger partial charge in [-0.3, -0.25) is 0 Å². The van der Waals surface area contributed by atoms with Crippen LogP contribution >= 0.6 is 0 Å². The van der Waals surface area contributed by atoms with E-state index in [4.69, 9.17) is 9.15 Å². The molecule has 1 N–H and O–H groups in total. The van der Waals surface area contributed by atoms with E-state index in [1.54, 1.807) is 12.1 Å². The van der Waals surface area contributed by atoms with Gasteiger partial charge in [-0.05, 0) is 51.5 Å². The molecule has 0 aliphatic heterocycles. The van der Waals surface area contributed by atoms with Gasteiger partial charge in [-0.2, -0.15) is 0 Å². The highest BCUT2D eigenvalue weighted by molar-refractivity contribution is 7.89. The van der Waals surface area contributed by atoms with Crippen LogP contribution in [0.1, 0.15) is 29.6 Å². The van der Waals surface area contributed by atoms with Gasteiger partial charge in [0.25, 0.3) is 0 Å². The van der Waals surface area contributed by atoms with Crippen molar-refractivity contribution in [3.8, 4) is 5.75 Å². The summed E-state index contributed by atoms with van der Waals surface area (Å²) < 4.78 is 38.5. The predicted octanol–water partition coefficient (Wildman–Crippen LogP) is 3.08. The topological polar surface area (TPSA) is 68.5 Å². The molecule has 0 fully saturated rings. The van der Waals surface area contributed by atoms with Crippen molar-refractivity contribution >= 4 is 10.0 Å². The maximum Gasteiger partial charge on any atom is 0.244 e. The van der Waals surface area contributed by atoms with Crippen LogP contribution in [0.4, 0.5) is 0 Å². The number of hydrogen-bond acceptors (Lipinski definition) is 4. The highest BCUT2D eigenvalue weighted by Gasteiger charge is 2.20. The number of sulfonamides is 1. The van der Waals surface area contributed by atoms with Crippen LogP contribution in [0.15, 0.2) is 33.6 Å². The number of hydrogen-bond donors (Lipinski definition) is 1. The second kappa shape index (κ2) is 6.54. The Hall–Kier alpha value is -1.79. The van der Waals surface area contributed by atoms with E-state index < -0.39 is 10.0 Å². The number of ether oxygens (including phenoxy) is 1. The predicted molar refractivity (Wildman–Crippen MR) is 84.6 cm³/mol. The minimum absolute atomic E-state index is 0.159. The number of rotatable bonds is 6. The molecule has 1 aromatic carbocycles. The summed E-state index contributed by atoms with van der Waals surface area (Å²) in [6.07, 6.45) is 0. The van der Waals surface area contributed by atoms with Crippen LogP contribution in [0.5, 0.6) is 5.75 Å². The fraction of sp³-hybridized carbons (Fsp3) is 0.375. The fourth-order valence-corrected chi connectivity index (χ4v) is 3.44. The molecule has 0 radical (unpaired) electrons. The molecule has 0 bridgehead atoms. The zero-order chi connectivity index (χ0) is 16.3. The summed E-state index contributed by atoms with van der Waals surface area (Å²) in [4.78, 5) is 0.159. The Morgan fingerprint density at radius 3 is 2.50 bits per heavy atom. The minimum atomic E-state index is -3.66. The van der Waals surface area contributed by atoms with E-state index in [0.29, 0.717) is 12.4 Å². The SMILES string of the molecule is CCOc1ccc(C)cc1S(=O)(=O)NCc1cc(C)oc1C. The van der Waals surface area contributed by atoms with Crippen LogP contribution in [0.3, 0.4) is 0 Å². The molecule has 6 heteroatoms. The Bertz CT molecular complexity index is 762. The second-order valence-corrected chi connectivity index (χ2v) is 6.88. The first-order valence-corrected chi connectivity index (χ1v) is 8.61. The molecule has 1 aromatic heterocycles. The Kier molecular flexibility index (Phi) is 4.93. The zero-order valence-corrected chi connectivity index (χ0v) is 14.1. The van der Waals surface area contributed by atoms with Crippen molar-refractivity contribution < 1.29 is 17.6 Å². The molecule has 0 saturated heterocycles. The van der Waals surface area contributed by atoms with Crippen molar-refractivity contribution in [2.24, 2.45) is 0 Å². The summed E-state index contributed by atoms with van der Waals surface area (Å²) in [7, 11) is -3.66. The summed E-state index contributed by atoms with van der Waals surface area (Å²) in [6.45, 7) is 7.91.